The van der Waals surface area contributed by atoms with Crippen LogP contribution in [-0.2, 0) is 9.53 Å². The van der Waals surface area contributed by atoms with Crippen LogP contribution >= 0.6 is 0 Å². The molecule has 2 rings (SSSR count). The number of ether oxygens (including phenoxy) is 1. The van der Waals surface area contributed by atoms with E-state index < -0.39 is 5.54 Å². The lowest BCUT2D eigenvalue weighted by atomic mass is 9.73. The highest BCUT2D eigenvalue weighted by Gasteiger charge is 2.47. The third kappa shape index (κ3) is 2.71. The Balaban J connectivity index is 2.11. The quantitative estimate of drug-likeness (QED) is 0.783. The highest BCUT2D eigenvalue weighted by atomic mass is 16.5. The number of nitrogens with one attached hydrogen (secondary N) is 1. The van der Waals surface area contributed by atoms with Gasteiger partial charge in [0.15, 0.2) is 0 Å². The summed E-state index contributed by atoms with van der Waals surface area (Å²) in [6, 6.07) is 0.523. The smallest absolute Gasteiger partial charge is 0.326 e. The van der Waals surface area contributed by atoms with Crippen molar-refractivity contribution in [1.29, 1.82) is 0 Å². The SMILES string of the molecule is CCOC(=O)C1(NC2CCCC2)CCCCC1C. The van der Waals surface area contributed by atoms with Gasteiger partial charge >= 0.3 is 5.97 Å². The molecule has 0 aliphatic heterocycles. The molecule has 1 N–H and O–H groups in total. The summed E-state index contributed by atoms with van der Waals surface area (Å²) in [7, 11) is 0. The van der Waals surface area contributed by atoms with E-state index >= 15 is 0 Å². The van der Waals surface area contributed by atoms with Gasteiger partial charge in [0.25, 0.3) is 0 Å². The van der Waals surface area contributed by atoms with Crippen LogP contribution in [0.2, 0.25) is 0 Å². The first-order valence-corrected chi connectivity index (χ1v) is 7.64. The summed E-state index contributed by atoms with van der Waals surface area (Å²) in [6.45, 7) is 4.59. The minimum Gasteiger partial charge on any atom is -0.465 e. The van der Waals surface area contributed by atoms with Crippen molar-refractivity contribution in [3.05, 3.63) is 0 Å². The predicted octanol–water partition coefficient (Wildman–Crippen LogP) is 3.03. The summed E-state index contributed by atoms with van der Waals surface area (Å²) in [5.41, 5.74) is -0.400. The van der Waals surface area contributed by atoms with Gasteiger partial charge in [-0.3, -0.25) is 10.1 Å². The third-order valence-electron chi connectivity index (χ3n) is 4.76. The van der Waals surface area contributed by atoms with Gasteiger partial charge in [-0.2, -0.15) is 0 Å². The Kier molecular flexibility index (Phi) is 4.66. The third-order valence-corrected chi connectivity index (χ3v) is 4.76. The van der Waals surface area contributed by atoms with E-state index in [1.54, 1.807) is 0 Å². The van der Waals surface area contributed by atoms with Crippen molar-refractivity contribution in [1.82, 2.24) is 5.32 Å². The first-order valence-electron chi connectivity index (χ1n) is 7.64. The highest BCUT2D eigenvalue weighted by molar-refractivity contribution is 5.81. The lowest BCUT2D eigenvalue weighted by molar-refractivity contribution is -0.156. The number of hydrogen-bond acceptors (Lipinski definition) is 3. The average Bonchev–Trinajstić information content (AvgIpc) is 2.85. The normalized spacial score (nSPS) is 33.6. The molecule has 0 amide bonds. The molecule has 3 nitrogen and oxygen atoms in total. The molecule has 104 valence electrons. The van der Waals surface area contributed by atoms with E-state index in [-0.39, 0.29) is 5.97 Å². The predicted molar refractivity (Wildman–Crippen MR) is 72.4 cm³/mol. The van der Waals surface area contributed by atoms with Gasteiger partial charge in [0.1, 0.15) is 5.54 Å². The zero-order valence-electron chi connectivity index (χ0n) is 11.8. The number of esters is 1. The molecule has 2 atom stereocenters. The maximum absolute atomic E-state index is 12.4. The zero-order chi connectivity index (χ0) is 13.0. The van der Waals surface area contributed by atoms with E-state index in [9.17, 15) is 4.79 Å². The van der Waals surface area contributed by atoms with E-state index in [0.717, 1.165) is 19.3 Å². The summed E-state index contributed by atoms with van der Waals surface area (Å²) in [5, 5.41) is 3.69. The zero-order valence-corrected chi connectivity index (χ0v) is 11.8. The Labute approximate surface area is 111 Å². The molecule has 0 saturated heterocycles. The van der Waals surface area contributed by atoms with Crippen LogP contribution in [0.3, 0.4) is 0 Å². The monoisotopic (exact) mass is 253 g/mol. The molecule has 2 aliphatic rings. The van der Waals surface area contributed by atoms with Crippen LogP contribution < -0.4 is 5.32 Å². The summed E-state index contributed by atoms with van der Waals surface area (Å²) < 4.78 is 5.36. The topological polar surface area (TPSA) is 38.3 Å². The molecule has 2 aliphatic carbocycles. The maximum Gasteiger partial charge on any atom is 0.326 e. The molecule has 0 heterocycles. The Hall–Kier alpha value is -0.570. The van der Waals surface area contributed by atoms with Crippen molar-refractivity contribution in [2.75, 3.05) is 6.61 Å². The lowest BCUT2D eigenvalue weighted by Crippen LogP contribution is -2.61. The van der Waals surface area contributed by atoms with Crippen LogP contribution in [0.25, 0.3) is 0 Å². The number of hydrogen-bond donors (Lipinski definition) is 1. The second kappa shape index (κ2) is 6.05. The summed E-state index contributed by atoms with van der Waals surface area (Å²) in [6.07, 6.45) is 9.50. The number of rotatable bonds is 4. The molecule has 18 heavy (non-hydrogen) atoms. The molecule has 3 heteroatoms. The molecule has 0 spiro atoms. The van der Waals surface area contributed by atoms with Gasteiger partial charge in [-0.05, 0) is 38.5 Å². The van der Waals surface area contributed by atoms with E-state index in [1.165, 1.54) is 32.1 Å². The molecular formula is C15H27NO2. The average molecular weight is 253 g/mol. The molecule has 0 radical (unpaired) electrons. The van der Waals surface area contributed by atoms with E-state index in [1.807, 2.05) is 6.92 Å². The Morgan fingerprint density at radius 1 is 1.22 bits per heavy atom. The molecule has 0 aromatic heterocycles. The Bertz CT molecular complexity index is 286. The minimum absolute atomic E-state index is 0.0101. The van der Waals surface area contributed by atoms with Gasteiger partial charge in [0.2, 0.25) is 0 Å². The fourth-order valence-corrected chi connectivity index (χ4v) is 3.62. The second-order valence-electron chi connectivity index (χ2n) is 5.96. The minimum atomic E-state index is -0.400. The molecule has 2 fully saturated rings. The summed E-state index contributed by atoms with van der Waals surface area (Å²) in [5.74, 6) is 0.384. The Morgan fingerprint density at radius 3 is 2.50 bits per heavy atom. The van der Waals surface area contributed by atoms with Gasteiger partial charge in [-0.15, -0.1) is 0 Å². The molecular weight excluding hydrogens is 226 g/mol. The first-order chi connectivity index (χ1) is 8.69. The number of carbonyl (C=O) groups is 1. The van der Waals surface area contributed by atoms with Gasteiger partial charge in [-0.1, -0.05) is 32.6 Å². The van der Waals surface area contributed by atoms with Crippen molar-refractivity contribution in [3.63, 3.8) is 0 Å². The van der Waals surface area contributed by atoms with Crippen molar-refractivity contribution >= 4 is 5.97 Å². The van der Waals surface area contributed by atoms with Gasteiger partial charge in [-0.25, -0.2) is 0 Å². The fourth-order valence-electron chi connectivity index (χ4n) is 3.62. The largest absolute Gasteiger partial charge is 0.465 e. The van der Waals surface area contributed by atoms with Crippen LogP contribution in [0.5, 0.6) is 0 Å². The fraction of sp³-hybridized carbons (Fsp3) is 0.933. The second-order valence-corrected chi connectivity index (χ2v) is 5.96. The van der Waals surface area contributed by atoms with E-state index in [4.69, 9.17) is 4.74 Å². The summed E-state index contributed by atoms with van der Waals surface area (Å²) >= 11 is 0. The van der Waals surface area contributed by atoms with Crippen LogP contribution in [0.1, 0.15) is 65.2 Å². The molecule has 0 bridgehead atoms. The number of carbonyl (C=O) groups excluding carboxylic acids is 1. The van der Waals surface area contributed by atoms with Crippen LogP contribution in [0.4, 0.5) is 0 Å². The van der Waals surface area contributed by atoms with Crippen molar-refractivity contribution < 1.29 is 9.53 Å². The van der Waals surface area contributed by atoms with Crippen LogP contribution in [0, 0.1) is 5.92 Å². The van der Waals surface area contributed by atoms with E-state index in [2.05, 4.69) is 12.2 Å². The van der Waals surface area contributed by atoms with Crippen molar-refractivity contribution in [2.45, 2.75) is 76.8 Å². The highest BCUT2D eigenvalue weighted by Crippen LogP contribution is 2.36. The van der Waals surface area contributed by atoms with Gasteiger partial charge < -0.3 is 4.74 Å². The Morgan fingerprint density at radius 2 is 1.89 bits per heavy atom. The molecule has 0 aromatic rings. The lowest BCUT2D eigenvalue weighted by Gasteiger charge is -2.42. The first kappa shape index (κ1) is 13.9. The van der Waals surface area contributed by atoms with Gasteiger partial charge in [0.05, 0.1) is 6.61 Å². The van der Waals surface area contributed by atoms with Gasteiger partial charge in [0, 0.05) is 6.04 Å². The molecule has 2 unspecified atom stereocenters. The van der Waals surface area contributed by atoms with Crippen molar-refractivity contribution in [2.24, 2.45) is 5.92 Å². The molecule has 2 saturated carbocycles. The standard InChI is InChI=1S/C15H27NO2/c1-3-18-14(17)15(11-7-6-8-12(15)2)16-13-9-4-5-10-13/h12-13,16H,3-11H2,1-2H3. The summed E-state index contributed by atoms with van der Waals surface area (Å²) in [4.78, 5) is 12.4. The van der Waals surface area contributed by atoms with Crippen LogP contribution in [0.15, 0.2) is 0 Å². The molecule has 0 aromatic carbocycles. The van der Waals surface area contributed by atoms with Crippen molar-refractivity contribution in [3.8, 4) is 0 Å². The van der Waals surface area contributed by atoms with Crippen LogP contribution in [-0.4, -0.2) is 24.2 Å². The van der Waals surface area contributed by atoms with E-state index in [0.29, 0.717) is 18.6 Å². The maximum atomic E-state index is 12.4.